The number of nitrogens with two attached hydrogens (primary N) is 1. The summed E-state index contributed by atoms with van der Waals surface area (Å²) in [6, 6.07) is 12.7. The van der Waals surface area contributed by atoms with Crippen LogP contribution in [0.2, 0.25) is 0 Å². The van der Waals surface area contributed by atoms with Crippen LogP contribution < -0.4 is 16.4 Å². The maximum atomic E-state index is 13.3. The molecule has 4 N–H and O–H groups in total. The maximum Gasteiger partial charge on any atom is 0.319 e. The van der Waals surface area contributed by atoms with Crippen molar-refractivity contribution in [3.05, 3.63) is 59.9 Å². The van der Waals surface area contributed by atoms with Crippen molar-refractivity contribution in [3.8, 4) is 0 Å². The van der Waals surface area contributed by atoms with E-state index in [-0.39, 0.29) is 12.4 Å². The van der Waals surface area contributed by atoms with Crippen LogP contribution in [0.15, 0.2) is 48.5 Å². The smallest absolute Gasteiger partial charge is 0.319 e. The van der Waals surface area contributed by atoms with Crippen molar-refractivity contribution in [1.82, 2.24) is 5.32 Å². The average molecular weight is 259 g/mol. The molecule has 0 saturated carbocycles. The number of benzene rings is 2. The first-order chi connectivity index (χ1) is 9.15. The number of urea groups is 1. The summed E-state index contributed by atoms with van der Waals surface area (Å²) in [6.07, 6.45) is 0. The van der Waals surface area contributed by atoms with Crippen LogP contribution in [0.5, 0.6) is 0 Å². The summed E-state index contributed by atoms with van der Waals surface area (Å²) < 4.78 is 13.3. The predicted molar refractivity (Wildman–Crippen MR) is 73.1 cm³/mol. The van der Waals surface area contributed by atoms with Gasteiger partial charge in [0, 0.05) is 23.5 Å². The van der Waals surface area contributed by atoms with Crippen LogP contribution in [0.1, 0.15) is 5.56 Å². The molecule has 19 heavy (non-hydrogen) atoms. The first-order valence-corrected chi connectivity index (χ1v) is 5.79. The van der Waals surface area contributed by atoms with Gasteiger partial charge in [-0.05, 0) is 24.3 Å². The molecule has 2 amide bonds. The number of carbonyl (C=O) groups excluding carboxylic acids is 1. The standard InChI is InChI=1S/C14H14FN3O/c15-13-7-2-1-4-10(13)9-17-14(19)18-12-6-3-5-11(16)8-12/h1-8H,9,16H2,(H2,17,18,19). The molecule has 0 unspecified atom stereocenters. The Kier molecular flexibility index (Phi) is 3.97. The van der Waals surface area contributed by atoms with Gasteiger partial charge in [0.15, 0.2) is 0 Å². The zero-order valence-corrected chi connectivity index (χ0v) is 10.2. The number of hydrogen-bond donors (Lipinski definition) is 3. The van der Waals surface area contributed by atoms with Crippen molar-refractivity contribution in [1.29, 1.82) is 0 Å². The summed E-state index contributed by atoms with van der Waals surface area (Å²) in [6.45, 7) is 0.126. The van der Waals surface area contributed by atoms with Crippen LogP contribution in [-0.2, 0) is 6.54 Å². The van der Waals surface area contributed by atoms with Crippen molar-refractivity contribution >= 4 is 17.4 Å². The summed E-state index contributed by atoms with van der Waals surface area (Å²) in [4.78, 5) is 11.6. The number of amides is 2. The minimum atomic E-state index is -0.408. The van der Waals surface area contributed by atoms with Gasteiger partial charge in [-0.15, -0.1) is 0 Å². The Balaban J connectivity index is 1.90. The highest BCUT2D eigenvalue weighted by Crippen LogP contribution is 2.11. The van der Waals surface area contributed by atoms with E-state index in [1.54, 1.807) is 42.5 Å². The summed E-state index contributed by atoms with van der Waals surface area (Å²) in [5.74, 6) is -0.341. The quantitative estimate of drug-likeness (QED) is 0.742. The van der Waals surface area contributed by atoms with Gasteiger partial charge < -0.3 is 16.4 Å². The van der Waals surface area contributed by atoms with E-state index in [0.29, 0.717) is 16.9 Å². The summed E-state index contributed by atoms with van der Waals surface area (Å²) >= 11 is 0. The number of halogens is 1. The number of rotatable bonds is 3. The van der Waals surface area contributed by atoms with Crippen LogP contribution in [-0.4, -0.2) is 6.03 Å². The van der Waals surface area contributed by atoms with Gasteiger partial charge in [0.05, 0.1) is 0 Å². The Morgan fingerprint density at radius 2 is 1.95 bits per heavy atom. The molecule has 0 aliphatic carbocycles. The second-order valence-electron chi connectivity index (χ2n) is 4.02. The summed E-state index contributed by atoms with van der Waals surface area (Å²) in [7, 11) is 0. The van der Waals surface area contributed by atoms with Crippen LogP contribution in [0.4, 0.5) is 20.6 Å². The van der Waals surface area contributed by atoms with E-state index in [1.807, 2.05) is 0 Å². The lowest BCUT2D eigenvalue weighted by atomic mass is 10.2. The van der Waals surface area contributed by atoms with Crippen molar-refractivity contribution in [3.63, 3.8) is 0 Å². The van der Waals surface area contributed by atoms with Crippen molar-refractivity contribution in [2.45, 2.75) is 6.54 Å². The number of carbonyl (C=O) groups is 1. The van der Waals surface area contributed by atoms with Gasteiger partial charge in [0.1, 0.15) is 5.82 Å². The van der Waals surface area contributed by atoms with Gasteiger partial charge in [-0.25, -0.2) is 9.18 Å². The normalized spacial score (nSPS) is 9.95. The second-order valence-corrected chi connectivity index (χ2v) is 4.02. The summed E-state index contributed by atoms with van der Waals surface area (Å²) in [5.41, 5.74) is 7.18. The molecule has 0 saturated heterocycles. The molecule has 2 rings (SSSR count). The number of anilines is 2. The zero-order chi connectivity index (χ0) is 13.7. The van der Waals surface area contributed by atoms with Gasteiger partial charge in [-0.3, -0.25) is 0 Å². The molecular formula is C14H14FN3O. The van der Waals surface area contributed by atoms with Gasteiger partial charge in [0.2, 0.25) is 0 Å². The first kappa shape index (κ1) is 12.9. The van der Waals surface area contributed by atoms with Crippen LogP contribution in [0.25, 0.3) is 0 Å². The molecule has 0 aliphatic rings. The van der Waals surface area contributed by atoms with Gasteiger partial charge in [-0.1, -0.05) is 24.3 Å². The molecular weight excluding hydrogens is 245 g/mol. The van der Waals surface area contributed by atoms with E-state index in [9.17, 15) is 9.18 Å². The minimum absolute atomic E-state index is 0.126. The second kappa shape index (κ2) is 5.86. The maximum absolute atomic E-state index is 13.3. The van der Waals surface area contributed by atoms with E-state index in [4.69, 9.17) is 5.73 Å². The molecule has 2 aromatic rings. The van der Waals surface area contributed by atoms with E-state index in [0.717, 1.165) is 0 Å². The minimum Gasteiger partial charge on any atom is -0.399 e. The molecule has 0 aliphatic heterocycles. The van der Waals surface area contributed by atoms with Crippen LogP contribution in [0.3, 0.4) is 0 Å². The number of hydrogen-bond acceptors (Lipinski definition) is 2. The zero-order valence-electron chi connectivity index (χ0n) is 10.2. The van der Waals surface area contributed by atoms with Crippen LogP contribution >= 0.6 is 0 Å². The molecule has 0 heterocycles. The third-order valence-corrected chi connectivity index (χ3v) is 2.54. The highest BCUT2D eigenvalue weighted by atomic mass is 19.1. The van der Waals surface area contributed by atoms with Gasteiger partial charge in [0.25, 0.3) is 0 Å². The Labute approximate surface area is 110 Å². The third kappa shape index (κ3) is 3.70. The fraction of sp³-hybridized carbons (Fsp3) is 0.0714. The largest absolute Gasteiger partial charge is 0.399 e. The number of nitrogen functional groups attached to an aromatic ring is 1. The molecule has 0 radical (unpaired) electrons. The Bertz CT molecular complexity index is 586. The van der Waals surface area contributed by atoms with Crippen molar-refractivity contribution < 1.29 is 9.18 Å². The fourth-order valence-corrected chi connectivity index (χ4v) is 1.61. The van der Waals surface area contributed by atoms with Crippen molar-refractivity contribution in [2.24, 2.45) is 0 Å². The topological polar surface area (TPSA) is 67.1 Å². The molecule has 0 bridgehead atoms. The molecule has 5 heteroatoms. The molecule has 4 nitrogen and oxygen atoms in total. The Hall–Kier alpha value is -2.56. The number of nitrogens with one attached hydrogen (secondary N) is 2. The lowest BCUT2D eigenvalue weighted by Gasteiger charge is -2.08. The van der Waals surface area contributed by atoms with E-state index >= 15 is 0 Å². The molecule has 0 spiro atoms. The monoisotopic (exact) mass is 259 g/mol. The Morgan fingerprint density at radius 1 is 1.16 bits per heavy atom. The highest BCUT2D eigenvalue weighted by molar-refractivity contribution is 5.89. The molecule has 2 aromatic carbocycles. The third-order valence-electron chi connectivity index (χ3n) is 2.54. The molecule has 98 valence electrons. The van der Waals surface area contributed by atoms with Gasteiger partial charge in [-0.2, -0.15) is 0 Å². The first-order valence-electron chi connectivity index (χ1n) is 5.79. The van der Waals surface area contributed by atoms with Crippen molar-refractivity contribution in [2.75, 3.05) is 11.1 Å². The average Bonchev–Trinajstić information content (AvgIpc) is 2.38. The van der Waals surface area contributed by atoms with Gasteiger partial charge >= 0.3 is 6.03 Å². The SMILES string of the molecule is Nc1cccc(NC(=O)NCc2ccccc2F)c1. The molecule has 0 fully saturated rings. The lowest BCUT2D eigenvalue weighted by Crippen LogP contribution is -2.28. The molecule has 0 atom stereocenters. The van der Waals surface area contributed by atoms with E-state index in [1.165, 1.54) is 6.07 Å². The van der Waals surface area contributed by atoms with E-state index in [2.05, 4.69) is 10.6 Å². The van der Waals surface area contributed by atoms with E-state index < -0.39 is 6.03 Å². The lowest BCUT2D eigenvalue weighted by molar-refractivity contribution is 0.251. The van der Waals surface area contributed by atoms with Crippen LogP contribution in [0, 0.1) is 5.82 Å². The summed E-state index contributed by atoms with van der Waals surface area (Å²) in [5, 5.41) is 5.20. The fourth-order valence-electron chi connectivity index (χ4n) is 1.61. The highest BCUT2D eigenvalue weighted by Gasteiger charge is 2.04. The predicted octanol–water partition coefficient (Wildman–Crippen LogP) is 2.73. The Morgan fingerprint density at radius 3 is 2.68 bits per heavy atom. The molecule has 0 aromatic heterocycles.